The van der Waals surface area contributed by atoms with Gasteiger partial charge in [-0.15, -0.1) is 0 Å². The number of nitrogens with zero attached hydrogens (tertiary/aromatic N) is 1. The molecule has 210 valence electrons. The van der Waals surface area contributed by atoms with Gasteiger partial charge in [-0.3, -0.25) is 0 Å². The van der Waals surface area contributed by atoms with E-state index in [1.165, 1.54) is 6.07 Å². The Bertz CT molecular complexity index is 240. The van der Waals surface area contributed by atoms with Gasteiger partial charge in [0, 0.05) is 32.0 Å². The first-order valence-corrected chi connectivity index (χ1v) is 7.61. The lowest BCUT2D eigenvalue weighted by molar-refractivity contribution is -0.245. The van der Waals surface area contributed by atoms with Crippen molar-refractivity contribution < 1.29 is 67.5 Å². The number of aliphatic hydroxyl groups is 4. The van der Waals surface area contributed by atoms with Crippen molar-refractivity contribution in [3.63, 3.8) is 0 Å². The highest BCUT2D eigenvalue weighted by atomic mass is 31.1. The van der Waals surface area contributed by atoms with Gasteiger partial charge in [0.15, 0.2) is 0 Å². The minimum Gasteiger partial charge on any atom is -0.565 e. The molecule has 14 nitrogen and oxygen atoms in total. The van der Waals surface area contributed by atoms with Crippen molar-refractivity contribution >= 4 is 16.5 Å². The van der Waals surface area contributed by atoms with Crippen molar-refractivity contribution in [3.8, 4) is 6.07 Å². The van der Waals surface area contributed by atoms with Crippen LogP contribution in [0, 0.1) is 11.3 Å². The van der Waals surface area contributed by atoms with Gasteiger partial charge < -0.3 is 35.7 Å². The van der Waals surface area contributed by atoms with Crippen LogP contribution in [0.25, 0.3) is 0 Å². The second-order valence-electron chi connectivity index (χ2n) is 1.88. The third-order valence-electron chi connectivity index (χ3n) is 0.204. The summed E-state index contributed by atoms with van der Waals surface area (Å²) >= 11 is 0. The highest BCUT2D eigenvalue weighted by Crippen LogP contribution is 2.02. The van der Waals surface area contributed by atoms with Crippen LogP contribution in [0.2, 0.25) is 0 Å². The molecule has 16 heteroatoms. The quantitative estimate of drug-likeness (QED) is 0.132. The summed E-state index contributed by atoms with van der Waals surface area (Å²) < 4.78 is 23.3. The van der Waals surface area contributed by atoms with Crippen LogP contribution in [0.15, 0.2) is 0 Å². The molecule has 0 aliphatic heterocycles. The maximum atomic E-state index is 8.93. The fourth-order valence-electron chi connectivity index (χ4n) is 0. The SMILES string of the molecule is C.C.C.C.C.C.C.CCO.CCO.CCO.N#CCO.O.O=[P+]([O-])OO.O=[P+]([O-])OO.[HH].[HH]. The zero-order valence-electron chi connectivity index (χ0n) is 13.3. The van der Waals surface area contributed by atoms with Crippen LogP contribution in [0.5, 0.6) is 0 Å². The van der Waals surface area contributed by atoms with E-state index in [0.29, 0.717) is 0 Å². The van der Waals surface area contributed by atoms with Crippen LogP contribution < -0.4 is 9.79 Å². The molecule has 0 radical (unpaired) electrons. The molecule has 0 bridgehead atoms. The van der Waals surface area contributed by atoms with Crippen molar-refractivity contribution in [3.05, 3.63) is 0 Å². The topological polar surface area (TPSA) is 275 Å². The average Bonchev–Trinajstić information content (AvgIpc) is 2.50. The van der Waals surface area contributed by atoms with Gasteiger partial charge in [0.1, 0.15) is 6.61 Å². The molecule has 2 unspecified atom stereocenters. The monoisotopic (exact) mass is 521 g/mol. The maximum Gasteiger partial charge on any atom is 0.521 e. The summed E-state index contributed by atoms with van der Waals surface area (Å²) in [6.45, 7) is 5.42. The molecule has 0 rings (SSSR count). The third kappa shape index (κ3) is 1200. The van der Waals surface area contributed by atoms with Crippen LogP contribution in [-0.2, 0) is 18.5 Å². The van der Waals surface area contributed by atoms with Crippen molar-refractivity contribution in [2.75, 3.05) is 26.4 Å². The molecular weight excluding hydrogens is 464 g/mol. The first-order valence-electron chi connectivity index (χ1n) is 5.42. The van der Waals surface area contributed by atoms with E-state index in [-0.39, 0.29) is 86.7 Å². The van der Waals surface area contributed by atoms with Gasteiger partial charge in [-0.2, -0.15) is 5.26 Å². The van der Waals surface area contributed by atoms with Crippen molar-refractivity contribution in [2.45, 2.75) is 72.8 Å². The Kier molecular flexibility index (Phi) is 492. The predicted octanol–water partition coefficient (Wildman–Crippen LogP) is 2.61. The molecule has 0 aliphatic rings. The minimum absolute atomic E-state index is 0. The Morgan fingerprint density at radius 2 is 0.806 bits per heavy atom. The molecule has 0 saturated carbocycles. The molecule has 2 atom stereocenters. The summed E-state index contributed by atoms with van der Waals surface area (Å²) in [6.07, 6.45) is 0. The van der Waals surface area contributed by atoms with Crippen LogP contribution in [-0.4, -0.2) is 62.8 Å². The van der Waals surface area contributed by atoms with Gasteiger partial charge in [0.05, 0.1) is 6.07 Å². The van der Waals surface area contributed by atoms with Crippen molar-refractivity contribution in [2.24, 2.45) is 0 Å². The van der Waals surface area contributed by atoms with Gasteiger partial charge in [0.2, 0.25) is 0 Å². The molecule has 0 saturated heterocycles. The molecule has 0 fully saturated rings. The lowest BCUT2D eigenvalue weighted by atomic mass is 10.9. The molecule has 0 aromatic heterocycles. The third-order valence-corrected chi connectivity index (χ3v) is 0.471. The van der Waals surface area contributed by atoms with Gasteiger partial charge in [0.25, 0.3) is 0 Å². The number of hydrogen-bond acceptors (Lipinski definition) is 13. The van der Waals surface area contributed by atoms with Gasteiger partial charge in [-0.25, -0.2) is 10.5 Å². The Morgan fingerprint density at radius 3 is 0.806 bits per heavy atom. The van der Waals surface area contributed by atoms with Crippen molar-refractivity contribution in [1.82, 2.24) is 0 Å². The van der Waals surface area contributed by atoms with E-state index in [1.54, 1.807) is 20.8 Å². The molecule has 0 amide bonds. The summed E-state index contributed by atoms with van der Waals surface area (Å²) in [4.78, 5) is 17.9. The van der Waals surface area contributed by atoms with Gasteiger partial charge in [-0.1, -0.05) is 52.0 Å². The zero-order valence-corrected chi connectivity index (χ0v) is 15.1. The van der Waals surface area contributed by atoms with E-state index in [1.807, 2.05) is 0 Å². The normalized spacial score (nSPS) is 6.00. The lowest BCUT2D eigenvalue weighted by Crippen LogP contribution is -1.84. The highest BCUT2D eigenvalue weighted by molar-refractivity contribution is 7.30. The van der Waals surface area contributed by atoms with Gasteiger partial charge >= 0.3 is 16.5 Å². The number of rotatable bonds is 2. The smallest absolute Gasteiger partial charge is 0.521 e. The second-order valence-corrected chi connectivity index (χ2v) is 3.10. The Morgan fingerprint density at radius 1 is 0.742 bits per heavy atom. The van der Waals surface area contributed by atoms with Crippen LogP contribution in [0.1, 0.15) is 75.6 Å². The van der Waals surface area contributed by atoms with Crippen LogP contribution in [0.4, 0.5) is 0 Å². The minimum atomic E-state index is -3.04. The number of aliphatic hydroxyl groups excluding tert-OH is 4. The average molecular weight is 522 g/mol. The highest BCUT2D eigenvalue weighted by Gasteiger charge is 1.90. The van der Waals surface area contributed by atoms with Crippen molar-refractivity contribution in [1.29, 1.82) is 5.26 Å². The summed E-state index contributed by atoms with van der Waals surface area (Å²) in [5.74, 6) is 0. The molecule has 0 spiro atoms. The van der Waals surface area contributed by atoms with E-state index >= 15 is 0 Å². The summed E-state index contributed by atoms with van der Waals surface area (Å²) in [5.41, 5.74) is 0. The zero-order chi connectivity index (χ0) is 20.1. The molecule has 0 aromatic carbocycles. The van der Waals surface area contributed by atoms with E-state index in [2.05, 4.69) is 9.35 Å². The number of nitriles is 1. The fraction of sp³-hybridized carbons (Fsp3) is 0.933. The molecule has 0 aromatic rings. The molecule has 8 N–H and O–H groups in total. The molecule has 31 heavy (non-hydrogen) atoms. The second kappa shape index (κ2) is 156. The first kappa shape index (κ1) is 98.0. The summed E-state index contributed by atoms with van der Waals surface area (Å²) in [7, 11) is -6.09. The van der Waals surface area contributed by atoms with E-state index < -0.39 is 16.5 Å². The molecular formula is C15H57NO13P2. The van der Waals surface area contributed by atoms with E-state index in [4.69, 9.17) is 55.1 Å². The number of hydrogen-bond donors (Lipinski definition) is 6. The fourth-order valence-corrected chi connectivity index (χ4v) is 0. The standard InChI is InChI=1S/C2H3NO.3C2H6O.7CH4.2HO4P.H2O.2H2/c3-1-2-4;3*1-2-3;;;;;;;;2*1-4-5(2)3;;;/h4H,2H2;3*3H,2H2,1H3;7*1H4;2*1H;1H2;2*1H. The molecule has 0 heterocycles. The van der Waals surface area contributed by atoms with Gasteiger partial charge in [-0.05, 0) is 29.9 Å². The van der Waals surface area contributed by atoms with Crippen LogP contribution in [0.3, 0.4) is 0 Å². The van der Waals surface area contributed by atoms with E-state index in [0.717, 1.165) is 0 Å². The summed E-state index contributed by atoms with van der Waals surface area (Å²) in [6, 6.07) is 1.49. The summed E-state index contributed by atoms with van der Waals surface area (Å²) in [5, 5.41) is 51.7. The van der Waals surface area contributed by atoms with Crippen LogP contribution >= 0.6 is 16.5 Å². The lowest BCUT2D eigenvalue weighted by Gasteiger charge is -1.67. The Labute approximate surface area is 195 Å². The maximum absolute atomic E-state index is 8.93. The first-order chi connectivity index (χ1) is 10.7. The predicted molar refractivity (Wildman–Crippen MR) is 129 cm³/mol. The van der Waals surface area contributed by atoms with E-state index in [9.17, 15) is 0 Å². The molecule has 0 aliphatic carbocycles. The Balaban J connectivity index is -0.00000000715. The Hall–Kier alpha value is -0.750. The largest absolute Gasteiger partial charge is 0.565 e.